The Bertz CT molecular complexity index is 843. The molecule has 1 aliphatic rings. The van der Waals surface area contributed by atoms with Crippen LogP contribution in [0.1, 0.15) is 30.1 Å². The van der Waals surface area contributed by atoms with Crippen LogP contribution >= 0.6 is 0 Å². The number of aromatic nitrogens is 3. The lowest BCUT2D eigenvalue weighted by atomic mass is 9.96. The van der Waals surface area contributed by atoms with Crippen molar-refractivity contribution in [3.63, 3.8) is 0 Å². The number of phenols is 1. The minimum Gasteiger partial charge on any atom is -0.508 e. The largest absolute Gasteiger partial charge is 0.508 e. The van der Waals surface area contributed by atoms with Crippen molar-refractivity contribution in [1.82, 2.24) is 19.5 Å². The Morgan fingerprint density at radius 3 is 3.00 bits per heavy atom. The Balaban J connectivity index is 1.53. The van der Waals surface area contributed by atoms with Crippen molar-refractivity contribution in [2.24, 2.45) is 0 Å². The summed E-state index contributed by atoms with van der Waals surface area (Å²) in [6, 6.07) is 10.1. The maximum absolute atomic E-state index is 13.5. The third-order valence-corrected chi connectivity index (χ3v) is 4.56. The molecular formula is C18H19FN4O. The zero-order chi connectivity index (χ0) is 16.5. The van der Waals surface area contributed by atoms with Crippen molar-refractivity contribution < 1.29 is 9.50 Å². The minimum atomic E-state index is -0.401. The second kappa shape index (κ2) is 6.20. The first kappa shape index (κ1) is 15.1. The lowest BCUT2D eigenvalue weighted by Gasteiger charge is -2.32. The Morgan fingerprint density at radius 1 is 1.21 bits per heavy atom. The first-order chi connectivity index (χ1) is 11.7. The number of pyridine rings is 1. The van der Waals surface area contributed by atoms with Gasteiger partial charge in [-0.2, -0.15) is 0 Å². The zero-order valence-electron chi connectivity index (χ0n) is 13.3. The second-order valence-corrected chi connectivity index (χ2v) is 6.38. The summed E-state index contributed by atoms with van der Waals surface area (Å²) in [6.45, 7) is 2.44. The molecule has 0 spiro atoms. The van der Waals surface area contributed by atoms with Crippen LogP contribution < -0.4 is 0 Å². The summed E-state index contributed by atoms with van der Waals surface area (Å²) >= 11 is 0. The van der Waals surface area contributed by atoms with Gasteiger partial charge in [-0.3, -0.25) is 9.30 Å². The van der Waals surface area contributed by atoms with Gasteiger partial charge in [0.2, 0.25) is 0 Å². The first-order valence-corrected chi connectivity index (χ1v) is 8.19. The van der Waals surface area contributed by atoms with Gasteiger partial charge >= 0.3 is 0 Å². The molecule has 3 aromatic rings. The molecule has 1 saturated heterocycles. The summed E-state index contributed by atoms with van der Waals surface area (Å²) < 4.78 is 15.5. The van der Waals surface area contributed by atoms with Crippen LogP contribution in [-0.2, 0) is 6.54 Å². The highest BCUT2D eigenvalue weighted by molar-refractivity contribution is 5.37. The zero-order valence-corrected chi connectivity index (χ0v) is 13.3. The van der Waals surface area contributed by atoms with E-state index in [-0.39, 0.29) is 5.75 Å². The summed E-state index contributed by atoms with van der Waals surface area (Å²) in [5.41, 5.74) is 1.65. The molecule has 24 heavy (non-hydrogen) atoms. The Hall–Kier alpha value is -2.47. The molecule has 0 radical (unpaired) electrons. The van der Waals surface area contributed by atoms with Crippen LogP contribution in [-0.4, -0.2) is 37.7 Å². The summed E-state index contributed by atoms with van der Waals surface area (Å²) in [6.07, 6.45) is 4.13. The predicted molar refractivity (Wildman–Crippen MR) is 88.3 cm³/mol. The van der Waals surface area contributed by atoms with Crippen molar-refractivity contribution in [3.8, 4) is 5.75 Å². The van der Waals surface area contributed by atoms with E-state index in [0.717, 1.165) is 49.0 Å². The molecule has 1 N–H and O–H groups in total. The van der Waals surface area contributed by atoms with Crippen molar-refractivity contribution in [1.29, 1.82) is 0 Å². The highest BCUT2D eigenvalue weighted by atomic mass is 19.1. The van der Waals surface area contributed by atoms with Crippen LogP contribution in [0.5, 0.6) is 5.75 Å². The number of phenolic OH excluding ortho intramolecular Hbond substituents is 1. The fraction of sp³-hybridized carbons (Fsp3) is 0.333. The van der Waals surface area contributed by atoms with E-state index in [9.17, 15) is 9.50 Å². The first-order valence-electron chi connectivity index (χ1n) is 8.19. The molecule has 1 unspecified atom stereocenters. The van der Waals surface area contributed by atoms with Gasteiger partial charge in [0.05, 0.1) is 0 Å². The number of rotatable bonds is 3. The maximum Gasteiger partial charge on any atom is 0.160 e. The Labute approximate surface area is 139 Å². The van der Waals surface area contributed by atoms with Crippen molar-refractivity contribution in [3.05, 3.63) is 59.8 Å². The van der Waals surface area contributed by atoms with Gasteiger partial charge in [0.25, 0.3) is 0 Å². The van der Waals surface area contributed by atoms with E-state index in [0.29, 0.717) is 12.5 Å². The molecule has 1 atom stereocenters. The fourth-order valence-corrected chi connectivity index (χ4v) is 3.53. The molecule has 3 heterocycles. The van der Waals surface area contributed by atoms with Crippen LogP contribution in [0.4, 0.5) is 4.39 Å². The summed E-state index contributed by atoms with van der Waals surface area (Å²) in [7, 11) is 0. The van der Waals surface area contributed by atoms with E-state index >= 15 is 0 Å². The predicted octanol–water partition coefficient (Wildman–Crippen LogP) is 2.95. The highest BCUT2D eigenvalue weighted by Gasteiger charge is 2.25. The number of likely N-dealkylation sites (tertiary alicyclic amines) is 1. The van der Waals surface area contributed by atoms with Gasteiger partial charge < -0.3 is 5.11 Å². The molecule has 0 amide bonds. The molecule has 1 fully saturated rings. The van der Waals surface area contributed by atoms with Crippen LogP contribution in [0.15, 0.2) is 42.6 Å². The summed E-state index contributed by atoms with van der Waals surface area (Å²) in [5.74, 6) is 0.861. The lowest BCUT2D eigenvalue weighted by molar-refractivity contribution is 0.195. The Kier molecular flexibility index (Phi) is 3.90. The van der Waals surface area contributed by atoms with E-state index in [4.69, 9.17) is 0 Å². The number of benzene rings is 1. The number of halogens is 1. The van der Waals surface area contributed by atoms with E-state index in [2.05, 4.69) is 15.1 Å². The molecule has 1 aromatic carbocycles. The number of hydrogen-bond acceptors (Lipinski definition) is 4. The molecule has 0 saturated carbocycles. The number of aromatic hydroxyl groups is 1. The molecule has 0 bridgehead atoms. The molecule has 4 rings (SSSR count). The lowest BCUT2D eigenvalue weighted by Crippen LogP contribution is -2.34. The van der Waals surface area contributed by atoms with E-state index < -0.39 is 5.82 Å². The highest BCUT2D eigenvalue weighted by Crippen LogP contribution is 2.27. The maximum atomic E-state index is 13.5. The normalized spacial score (nSPS) is 19.0. The molecule has 1 aliphatic heterocycles. The van der Waals surface area contributed by atoms with Gasteiger partial charge in [-0.1, -0.05) is 6.07 Å². The van der Waals surface area contributed by atoms with Gasteiger partial charge in [0.1, 0.15) is 17.4 Å². The molecule has 124 valence electrons. The average Bonchev–Trinajstić information content (AvgIpc) is 2.98. The molecule has 5 nitrogen and oxygen atoms in total. The Morgan fingerprint density at radius 2 is 2.12 bits per heavy atom. The monoisotopic (exact) mass is 326 g/mol. The third kappa shape index (κ3) is 2.97. The second-order valence-electron chi connectivity index (χ2n) is 6.38. The van der Waals surface area contributed by atoms with Gasteiger partial charge in [0.15, 0.2) is 5.65 Å². The number of fused-ring (bicyclic) bond motifs is 1. The van der Waals surface area contributed by atoms with E-state index in [1.54, 1.807) is 6.07 Å². The number of hydrogen-bond donors (Lipinski definition) is 1. The number of piperidine rings is 1. The van der Waals surface area contributed by atoms with Crippen LogP contribution in [0, 0.1) is 5.82 Å². The van der Waals surface area contributed by atoms with Crippen molar-refractivity contribution in [2.75, 3.05) is 13.1 Å². The van der Waals surface area contributed by atoms with Crippen molar-refractivity contribution in [2.45, 2.75) is 25.3 Å². The van der Waals surface area contributed by atoms with E-state index in [1.807, 2.05) is 28.8 Å². The minimum absolute atomic E-state index is 0.0259. The topological polar surface area (TPSA) is 53.7 Å². The molecule has 2 aromatic heterocycles. The number of nitrogens with zero attached hydrogens (tertiary/aromatic N) is 4. The molecule has 0 aliphatic carbocycles. The summed E-state index contributed by atoms with van der Waals surface area (Å²) in [5, 5.41) is 18.2. The molecular weight excluding hydrogens is 307 g/mol. The fourth-order valence-electron chi connectivity index (χ4n) is 3.53. The van der Waals surface area contributed by atoms with Gasteiger partial charge in [-0.15, -0.1) is 10.2 Å². The van der Waals surface area contributed by atoms with Crippen molar-refractivity contribution >= 4 is 5.65 Å². The summed E-state index contributed by atoms with van der Waals surface area (Å²) in [4.78, 5) is 2.28. The quantitative estimate of drug-likeness (QED) is 0.804. The SMILES string of the molecule is Oc1cc(F)cc(CN2CCCC(c3nnc4ccccn34)C2)c1. The van der Waals surface area contributed by atoms with Gasteiger partial charge in [0, 0.05) is 31.3 Å². The van der Waals surface area contributed by atoms with Crippen LogP contribution in [0.3, 0.4) is 0 Å². The van der Waals surface area contributed by atoms with Crippen LogP contribution in [0.2, 0.25) is 0 Å². The standard InChI is InChI=1S/C18H19FN4O/c19-15-8-13(9-16(24)10-15)11-22-6-3-4-14(12-22)18-21-20-17-5-1-2-7-23(17)18/h1-2,5,7-10,14,24H,3-4,6,11-12H2. The average molecular weight is 326 g/mol. The third-order valence-electron chi connectivity index (χ3n) is 4.56. The van der Waals surface area contributed by atoms with Gasteiger partial charge in [-0.25, -0.2) is 4.39 Å². The smallest absolute Gasteiger partial charge is 0.160 e. The van der Waals surface area contributed by atoms with Crippen LogP contribution in [0.25, 0.3) is 5.65 Å². The van der Waals surface area contributed by atoms with E-state index in [1.165, 1.54) is 6.07 Å². The van der Waals surface area contributed by atoms with Gasteiger partial charge in [-0.05, 0) is 49.2 Å². The molecule has 6 heteroatoms.